The highest BCUT2D eigenvalue weighted by atomic mass is 16.7. The Morgan fingerprint density at radius 1 is 1.33 bits per heavy atom. The Hall–Kier alpha value is -1.85. The minimum absolute atomic E-state index is 0.0435. The highest BCUT2D eigenvalue weighted by Gasteiger charge is 2.40. The van der Waals surface area contributed by atoms with Crippen molar-refractivity contribution in [3.63, 3.8) is 0 Å². The zero-order valence-electron chi connectivity index (χ0n) is 14.1. The summed E-state index contributed by atoms with van der Waals surface area (Å²) in [5.74, 6) is 0.452. The molecule has 5 heteroatoms. The molecule has 2 aliphatic rings. The van der Waals surface area contributed by atoms with Crippen molar-refractivity contribution in [3.05, 3.63) is 47.7 Å². The van der Waals surface area contributed by atoms with E-state index < -0.39 is 6.29 Å². The second kappa shape index (κ2) is 7.81. The van der Waals surface area contributed by atoms with Crippen LogP contribution in [0.15, 0.2) is 42.2 Å². The Morgan fingerprint density at radius 2 is 2.08 bits per heavy atom. The van der Waals surface area contributed by atoms with E-state index in [9.17, 15) is 9.90 Å². The molecule has 0 spiro atoms. The molecule has 0 radical (unpaired) electrons. The predicted octanol–water partition coefficient (Wildman–Crippen LogP) is 2.28. The normalized spacial score (nSPS) is 25.8. The van der Waals surface area contributed by atoms with E-state index in [1.807, 2.05) is 31.2 Å². The average molecular weight is 331 g/mol. The molecule has 0 aliphatic carbocycles. The van der Waals surface area contributed by atoms with Gasteiger partial charge in [-0.25, -0.2) is 0 Å². The monoisotopic (exact) mass is 331 g/mol. The summed E-state index contributed by atoms with van der Waals surface area (Å²) in [7, 11) is 0. The molecule has 0 bridgehead atoms. The van der Waals surface area contributed by atoms with Gasteiger partial charge in [0.1, 0.15) is 0 Å². The van der Waals surface area contributed by atoms with Crippen molar-refractivity contribution in [1.82, 2.24) is 4.90 Å². The number of aliphatic hydroxyl groups is 1. The third kappa shape index (κ3) is 3.79. The lowest BCUT2D eigenvalue weighted by atomic mass is 9.80. The predicted molar refractivity (Wildman–Crippen MR) is 90.2 cm³/mol. The lowest BCUT2D eigenvalue weighted by Gasteiger charge is -2.37. The van der Waals surface area contributed by atoms with Crippen LogP contribution in [0.25, 0.3) is 0 Å². The van der Waals surface area contributed by atoms with E-state index in [-0.39, 0.29) is 24.3 Å². The molecule has 5 nitrogen and oxygen atoms in total. The summed E-state index contributed by atoms with van der Waals surface area (Å²) in [6.07, 6.45) is 2.94. The topological polar surface area (TPSA) is 58.8 Å². The van der Waals surface area contributed by atoms with Gasteiger partial charge >= 0.3 is 0 Å². The molecule has 3 rings (SSSR count). The zero-order chi connectivity index (χ0) is 16.9. The van der Waals surface area contributed by atoms with Crippen LogP contribution in [0.2, 0.25) is 0 Å². The smallest absolute Gasteiger partial charge is 0.288 e. The molecule has 130 valence electrons. The Morgan fingerprint density at radius 3 is 2.71 bits per heavy atom. The summed E-state index contributed by atoms with van der Waals surface area (Å²) in [4.78, 5) is 14.2. The first-order valence-corrected chi connectivity index (χ1v) is 8.69. The van der Waals surface area contributed by atoms with Crippen molar-refractivity contribution >= 4 is 5.91 Å². The molecular formula is C19H25NO4. The van der Waals surface area contributed by atoms with Gasteiger partial charge < -0.3 is 19.5 Å². The van der Waals surface area contributed by atoms with Crippen LogP contribution >= 0.6 is 0 Å². The number of rotatable bonds is 7. The molecule has 2 aliphatic heterocycles. The summed E-state index contributed by atoms with van der Waals surface area (Å²) >= 11 is 0. The molecule has 0 saturated carbocycles. The van der Waals surface area contributed by atoms with Crippen molar-refractivity contribution in [3.8, 4) is 0 Å². The Kier molecular flexibility index (Phi) is 5.53. The van der Waals surface area contributed by atoms with E-state index >= 15 is 0 Å². The Bertz CT molecular complexity index is 582. The largest absolute Gasteiger partial charge is 0.459 e. The van der Waals surface area contributed by atoms with Crippen LogP contribution in [0.1, 0.15) is 31.2 Å². The highest BCUT2D eigenvalue weighted by molar-refractivity contribution is 5.93. The summed E-state index contributed by atoms with van der Waals surface area (Å²) in [5, 5.41) is 9.23. The zero-order valence-corrected chi connectivity index (χ0v) is 14.1. The van der Waals surface area contributed by atoms with Crippen LogP contribution < -0.4 is 0 Å². The number of nitrogens with zero attached hydrogens (tertiary/aromatic N) is 1. The van der Waals surface area contributed by atoms with Gasteiger partial charge in [0, 0.05) is 38.1 Å². The van der Waals surface area contributed by atoms with Gasteiger partial charge in [-0.3, -0.25) is 4.79 Å². The molecule has 1 N–H and O–H groups in total. The van der Waals surface area contributed by atoms with Gasteiger partial charge in [0.05, 0.1) is 0 Å². The van der Waals surface area contributed by atoms with Crippen LogP contribution in [-0.4, -0.2) is 48.5 Å². The number of ether oxygens (including phenoxy) is 2. The number of carbonyl (C=O) groups is 1. The van der Waals surface area contributed by atoms with E-state index in [0.717, 1.165) is 25.1 Å². The molecule has 0 aromatic heterocycles. The van der Waals surface area contributed by atoms with Gasteiger partial charge in [-0.05, 0) is 31.4 Å². The SMILES string of the molecule is CCO[C@@H]1OC(C(=O)N2CC2)=C[C@H](c2ccccc2)[C@H]1CCCO. The van der Waals surface area contributed by atoms with E-state index in [1.54, 1.807) is 4.90 Å². The number of hydrogen-bond donors (Lipinski definition) is 1. The van der Waals surface area contributed by atoms with Gasteiger partial charge in [0.15, 0.2) is 5.76 Å². The first-order chi connectivity index (χ1) is 11.7. The van der Waals surface area contributed by atoms with Gasteiger partial charge in [-0.15, -0.1) is 0 Å². The molecule has 24 heavy (non-hydrogen) atoms. The quantitative estimate of drug-likeness (QED) is 0.779. The lowest BCUT2D eigenvalue weighted by molar-refractivity contribution is -0.168. The second-order valence-corrected chi connectivity index (χ2v) is 6.23. The van der Waals surface area contributed by atoms with E-state index in [4.69, 9.17) is 9.47 Å². The second-order valence-electron chi connectivity index (χ2n) is 6.23. The number of benzene rings is 1. The van der Waals surface area contributed by atoms with Gasteiger partial charge in [0.2, 0.25) is 6.29 Å². The molecule has 1 aromatic rings. The number of amides is 1. The third-order valence-corrected chi connectivity index (χ3v) is 4.54. The van der Waals surface area contributed by atoms with Crippen LogP contribution in [0, 0.1) is 5.92 Å². The first-order valence-electron chi connectivity index (χ1n) is 8.69. The molecular weight excluding hydrogens is 306 g/mol. The molecule has 1 aromatic carbocycles. The summed E-state index contributed by atoms with van der Waals surface area (Å²) in [6.45, 7) is 4.17. The van der Waals surface area contributed by atoms with E-state index in [1.165, 1.54) is 0 Å². The summed E-state index contributed by atoms with van der Waals surface area (Å²) < 4.78 is 11.7. The summed E-state index contributed by atoms with van der Waals surface area (Å²) in [5.41, 5.74) is 1.14. The molecule has 1 saturated heterocycles. The van der Waals surface area contributed by atoms with Crippen LogP contribution in [-0.2, 0) is 14.3 Å². The van der Waals surface area contributed by atoms with Crippen molar-refractivity contribution in [2.75, 3.05) is 26.3 Å². The van der Waals surface area contributed by atoms with Gasteiger partial charge in [0.25, 0.3) is 5.91 Å². The number of aliphatic hydroxyl groups excluding tert-OH is 1. The fraction of sp³-hybridized carbons (Fsp3) is 0.526. The average Bonchev–Trinajstić information content (AvgIpc) is 3.45. The van der Waals surface area contributed by atoms with Crippen molar-refractivity contribution in [1.29, 1.82) is 0 Å². The highest BCUT2D eigenvalue weighted by Crippen LogP contribution is 2.39. The number of hydrogen-bond acceptors (Lipinski definition) is 4. The molecule has 1 fully saturated rings. The van der Waals surface area contributed by atoms with Crippen molar-refractivity contribution < 1.29 is 19.4 Å². The third-order valence-electron chi connectivity index (χ3n) is 4.54. The maximum atomic E-state index is 12.4. The Balaban J connectivity index is 1.92. The maximum Gasteiger partial charge on any atom is 0.288 e. The minimum atomic E-state index is -0.462. The molecule has 3 atom stereocenters. The number of carbonyl (C=O) groups excluding carboxylic acids is 1. The number of allylic oxidation sites excluding steroid dienone is 1. The lowest BCUT2D eigenvalue weighted by Crippen LogP contribution is -2.37. The molecule has 1 amide bonds. The Labute approximate surface area is 142 Å². The maximum absolute atomic E-state index is 12.4. The van der Waals surface area contributed by atoms with E-state index in [2.05, 4.69) is 12.1 Å². The minimum Gasteiger partial charge on any atom is -0.459 e. The van der Waals surface area contributed by atoms with Crippen LogP contribution in [0.3, 0.4) is 0 Å². The van der Waals surface area contributed by atoms with Crippen molar-refractivity contribution in [2.24, 2.45) is 5.92 Å². The van der Waals surface area contributed by atoms with Crippen LogP contribution in [0.5, 0.6) is 0 Å². The standard InChI is InChI=1S/C19H25NO4/c1-2-23-19-15(9-6-12-21)16(14-7-4-3-5-8-14)13-17(24-19)18(22)20-10-11-20/h3-5,7-8,13,15-16,19,21H,2,6,9-12H2,1H3/t15-,16-,19-/m1/s1. The van der Waals surface area contributed by atoms with Crippen molar-refractivity contribution in [2.45, 2.75) is 32.0 Å². The summed E-state index contributed by atoms with van der Waals surface area (Å²) in [6, 6.07) is 10.1. The first kappa shape index (κ1) is 17.0. The fourth-order valence-electron chi connectivity index (χ4n) is 3.22. The fourth-order valence-corrected chi connectivity index (χ4v) is 3.22. The van der Waals surface area contributed by atoms with Gasteiger partial charge in [-0.1, -0.05) is 30.3 Å². The van der Waals surface area contributed by atoms with Crippen LogP contribution in [0.4, 0.5) is 0 Å². The molecule has 2 heterocycles. The van der Waals surface area contributed by atoms with E-state index in [0.29, 0.717) is 18.8 Å². The molecule has 0 unspecified atom stereocenters. The van der Waals surface area contributed by atoms with Gasteiger partial charge in [-0.2, -0.15) is 0 Å².